The molecule has 2 aromatic heterocycles. The number of morpholine rings is 1. The van der Waals surface area contributed by atoms with E-state index in [0.29, 0.717) is 62.2 Å². The fourth-order valence-electron chi connectivity index (χ4n) is 3.76. The third kappa shape index (κ3) is 4.60. The Labute approximate surface area is 184 Å². The zero-order chi connectivity index (χ0) is 21.8. The number of hydrogen-bond donors (Lipinski definition) is 0. The molecule has 1 unspecified atom stereocenters. The first-order chi connectivity index (χ1) is 15.1. The molecular formula is C21H27N5O4S. The van der Waals surface area contributed by atoms with Gasteiger partial charge in [-0.2, -0.15) is 0 Å². The van der Waals surface area contributed by atoms with E-state index >= 15 is 0 Å². The second-order valence-electron chi connectivity index (χ2n) is 7.45. The van der Waals surface area contributed by atoms with Crippen molar-refractivity contribution < 1.29 is 14.3 Å². The van der Waals surface area contributed by atoms with Crippen LogP contribution in [0.3, 0.4) is 0 Å². The molecule has 1 aromatic carbocycles. The van der Waals surface area contributed by atoms with E-state index in [-0.39, 0.29) is 23.3 Å². The molecule has 0 radical (unpaired) electrons. The number of hydrogen-bond acceptors (Lipinski definition) is 7. The first-order valence-electron chi connectivity index (χ1n) is 10.6. The molecule has 1 amide bonds. The van der Waals surface area contributed by atoms with E-state index in [1.807, 2.05) is 47.4 Å². The highest BCUT2D eigenvalue weighted by atomic mass is 32.2. The molecule has 1 aliphatic heterocycles. The Kier molecular flexibility index (Phi) is 6.89. The monoisotopic (exact) mass is 445 g/mol. The van der Waals surface area contributed by atoms with E-state index in [1.165, 1.54) is 11.8 Å². The number of thioether (sulfide) groups is 1. The van der Waals surface area contributed by atoms with Gasteiger partial charge in [-0.25, -0.2) is 0 Å². The second-order valence-corrected chi connectivity index (χ2v) is 8.39. The average Bonchev–Trinajstić information content (AvgIpc) is 3.21. The van der Waals surface area contributed by atoms with Gasteiger partial charge in [-0.1, -0.05) is 23.9 Å². The van der Waals surface area contributed by atoms with E-state index in [4.69, 9.17) is 9.47 Å². The van der Waals surface area contributed by atoms with Crippen molar-refractivity contribution in [2.24, 2.45) is 0 Å². The normalized spacial score (nSPS) is 17.0. The average molecular weight is 446 g/mol. The minimum absolute atomic E-state index is 0.0474. The number of benzene rings is 1. The molecule has 0 bridgehead atoms. The van der Waals surface area contributed by atoms with Crippen LogP contribution in [0.2, 0.25) is 0 Å². The van der Waals surface area contributed by atoms with Gasteiger partial charge in [0.1, 0.15) is 0 Å². The number of carbonyl (C=O) groups excluding carboxylic acids is 1. The van der Waals surface area contributed by atoms with Gasteiger partial charge in [0.05, 0.1) is 29.4 Å². The summed E-state index contributed by atoms with van der Waals surface area (Å²) in [5.41, 5.74) is 0.644. The van der Waals surface area contributed by atoms with Crippen molar-refractivity contribution in [2.45, 2.75) is 38.1 Å². The van der Waals surface area contributed by atoms with Gasteiger partial charge >= 0.3 is 0 Å². The molecule has 1 saturated heterocycles. The van der Waals surface area contributed by atoms with Gasteiger partial charge in [0.2, 0.25) is 11.7 Å². The fourth-order valence-corrected chi connectivity index (χ4v) is 4.60. The molecular weight excluding hydrogens is 418 g/mol. The van der Waals surface area contributed by atoms with Gasteiger partial charge in [-0.15, -0.1) is 10.2 Å². The lowest BCUT2D eigenvalue weighted by atomic mass is 10.2. The van der Waals surface area contributed by atoms with Crippen LogP contribution < -0.4 is 5.56 Å². The van der Waals surface area contributed by atoms with Crippen molar-refractivity contribution in [3.63, 3.8) is 0 Å². The predicted molar refractivity (Wildman–Crippen MR) is 119 cm³/mol. The van der Waals surface area contributed by atoms with Crippen LogP contribution in [-0.4, -0.2) is 74.7 Å². The molecule has 1 fully saturated rings. The van der Waals surface area contributed by atoms with Crippen LogP contribution in [0.1, 0.15) is 20.3 Å². The number of fused-ring (bicyclic) bond motifs is 3. The molecule has 1 aliphatic rings. The molecule has 0 N–H and O–H groups in total. The predicted octanol–water partition coefficient (Wildman–Crippen LogP) is 1.81. The summed E-state index contributed by atoms with van der Waals surface area (Å²) < 4.78 is 14.4. The quantitative estimate of drug-likeness (QED) is 0.386. The number of para-hydroxylation sites is 1. The first-order valence-corrected chi connectivity index (χ1v) is 11.5. The van der Waals surface area contributed by atoms with Crippen LogP contribution in [0.25, 0.3) is 16.7 Å². The highest BCUT2D eigenvalue weighted by molar-refractivity contribution is 7.99. The van der Waals surface area contributed by atoms with Crippen molar-refractivity contribution in [1.29, 1.82) is 0 Å². The Morgan fingerprint density at radius 3 is 2.97 bits per heavy atom. The molecule has 3 aromatic rings. The van der Waals surface area contributed by atoms with Crippen LogP contribution in [0, 0.1) is 0 Å². The van der Waals surface area contributed by atoms with Gasteiger partial charge < -0.3 is 14.4 Å². The fraction of sp³-hybridized carbons (Fsp3) is 0.524. The largest absolute Gasteiger partial charge is 0.382 e. The summed E-state index contributed by atoms with van der Waals surface area (Å²) in [4.78, 5) is 27.6. The smallest absolute Gasteiger partial charge is 0.262 e. The van der Waals surface area contributed by atoms with E-state index in [9.17, 15) is 9.59 Å². The Balaban J connectivity index is 1.63. The standard InChI is InChI=1S/C21H27N5O4S/c1-3-29-11-6-9-25-19(28)16-7-4-5-8-17(16)26-20(25)22-23-21(26)31-14-18(27)24-10-12-30-15(2)13-24/h4-5,7-8,15H,3,6,9-14H2,1-2H3. The molecule has 0 spiro atoms. The van der Waals surface area contributed by atoms with Crippen molar-refractivity contribution in [2.75, 3.05) is 38.7 Å². The van der Waals surface area contributed by atoms with Crippen molar-refractivity contribution in [1.82, 2.24) is 24.1 Å². The molecule has 1 atom stereocenters. The third-order valence-electron chi connectivity index (χ3n) is 5.27. The zero-order valence-electron chi connectivity index (χ0n) is 17.8. The maximum atomic E-state index is 13.1. The molecule has 0 aliphatic carbocycles. The maximum absolute atomic E-state index is 13.1. The number of aryl methyl sites for hydroxylation is 1. The maximum Gasteiger partial charge on any atom is 0.262 e. The van der Waals surface area contributed by atoms with Gasteiger partial charge in [0.25, 0.3) is 5.56 Å². The summed E-state index contributed by atoms with van der Waals surface area (Å²) in [6.45, 7) is 7.38. The summed E-state index contributed by atoms with van der Waals surface area (Å²) in [5, 5.41) is 9.81. The van der Waals surface area contributed by atoms with Gasteiger partial charge in [-0.3, -0.25) is 18.6 Å². The van der Waals surface area contributed by atoms with Crippen molar-refractivity contribution in [3.05, 3.63) is 34.6 Å². The van der Waals surface area contributed by atoms with E-state index < -0.39 is 0 Å². The number of ether oxygens (including phenoxy) is 2. The summed E-state index contributed by atoms with van der Waals surface area (Å²) in [7, 11) is 0. The van der Waals surface area contributed by atoms with Crippen LogP contribution in [0.5, 0.6) is 0 Å². The lowest BCUT2D eigenvalue weighted by Crippen LogP contribution is -2.45. The van der Waals surface area contributed by atoms with Crippen LogP contribution in [-0.2, 0) is 20.8 Å². The number of carbonyl (C=O) groups is 1. The number of aromatic nitrogens is 4. The van der Waals surface area contributed by atoms with Gasteiger partial charge in [-0.05, 0) is 32.4 Å². The molecule has 166 valence electrons. The van der Waals surface area contributed by atoms with Crippen molar-refractivity contribution in [3.8, 4) is 0 Å². The van der Waals surface area contributed by atoms with Crippen molar-refractivity contribution >= 4 is 34.3 Å². The summed E-state index contributed by atoms with van der Waals surface area (Å²) in [5.74, 6) is 0.784. The van der Waals surface area contributed by atoms with Crippen LogP contribution in [0.4, 0.5) is 0 Å². The number of rotatable bonds is 8. The number of amides is 1. The minimum Gasteiger partial charge on any atom is -0.382 e. The summed E-state index contributed by atoms with van der Waals surface area (Å²) in [6, 6.07) is 7.42. The van der Waals surface area contributed by atoms with Crippen LogP contribution in [0.15, 0.2) is 34.2 Å². The Bertz CT molecular complexity index is 1130. The minimum atomic E-state index is -0.0954. The van der Waals surface area contributed by atoms with E-state index in [2.05, 4.69) is 10.2 Å². The zero-order valence-corrected chi connectivity index (χ0v) is 18.6. The summed E-state index contributed by atoms with van der Waals surface area (Å²) in [6.07, 6.45) is 0.747. The lowest BCUT2D eigenvalue weighted by Gasteiger charge is -2.31. The van der Waals surface area contributed by atoms with E-state index in [1.54, 1.807) is 4.57 Å². The Morgan fingerprint density at radius 1 is 1.32 bits per heavy atom. The topological polar surface area (TPSA) is 91.0 Å². The SMILES string of the molecule is CCOCCCn1c(=O)c2ccccc2n2c(SCC(=O)N3CCOC(C)C3)nnc12. The lowest BCUT2D eigenvalue weighted by molar-refractivity contribution is -0.135. The van der Waals surface area contributed by atoms with Gasteiger partial charge in [0, 0.05) is 32.8 Å². The molecule has 10 heteroatoms. The molecule has 4 rings (SSSR count). The highest BCUT2D eigenvalue weighted by Crippen LogP contribution is 2.22. The Hall–Kier alpha value is -2.43. The molecule has 0 saturated carbocycles. The number of nitrogens with zero attached hydrogens (tertiary/aromatic N) is 5. The highest BCUT2D eigenvalue weighted by Gasteiger charge is 2.23. The summed E-state index contributed by atoms with van der Waals surface area (Å²) >= 11 is 1.34. The first kappa shape index (κ1) is 21.8. The van der Waals surface area contributed by atoms with Gasteiger partial charge in [0.15, 0.2) is 5.16 Å². The van der Waals surface area contributed by atoms with E-state index in [0.717, 1.165) is 5.52 Å². The third-order valence-corrected chi connectivity index (χ3v) is 6.18. The molecule has 9 nitrogen and oxygen atoms in total. The molecule has 31 heavy (non-hydrogen) atoms. The Morgan fingerprint density at radius 2 is 2.16 bits per heavy atom. The van der Waals surface area contributed by atoms with Crippen LogP contribution >= 0.6 is 11.8 Å². The second kappa shape index (κ2) is 9.80. The molecule has 3 heterocycles.